The second-order valence-electron chi connectivity index (χ2n) is 2.06. The summed E-state index contributed by atoms with van der Waals surface area (Å²) >= 11 is 5.65. The smallest absolute Gasteiger partial charge is 0.0472 e. The SMILES string of the molecule is [SiH3]c1ccccc1CCl. The first-order valence-corrected chi connectivity index (χ1v) is 4.48. The zero-order valence-electron chi connectivity index (χ0n) is 5.39. The Labute approximate surface area is 63.3 Å². The lowest BCUT2D eigenvalue weighted by Crippen LogP contribution is -2.06. The predicted molar refractivity (Wildman–Crippen MR) is 45.6 cm³/mol. The van der Waals surface area contributed by atoms with Crippen molar-refractivity contribution in [1.82, 2.24) is 0 Å². The van der Waals surface area contributed by atoms with Crippen LogP contribution in [0.2, 0.25) is 0 Å². The van der Waals surface area contributed by atoms with E-state index in [9.17, 15) is 0 Å². The Kier molecular flexibility index (Phi) is 2.31. The van der Waals surface area contributed by atoms with Crippen LogP contribution in [-0.2, 0) is 5.88 Å². The molecule has 0 fully saturated rings. The van der Waals surface area contributed by atoms with Crippen LogP contribution in [-0.4, -0.2) is 10.2 Å². The second-order valence-corrected chi connectivity index (χ2v) is 3.40. The molecule has 0 unspecified atom stereocenters. The fourth-order valence-electron chi connectivity index (χ4n) is 0.760. The summed E-state index contributed by atoms with van der Waals surface area (Å²) in [4.78, 5) is 0. The van der Waals surface area contributed by atoms with E-state index >= 15 is 0 Å². The van der Waals surface area contributed by atoms with Crippen molar-refractivity contribution in [3.8, 4) is 0 Å². The largest absolute Gasteiger partial charge is 0.122 e. The maximum Gasteiger partial charge on any atom is 0.0472 e. The van der Waals surface area contributed by atoms with E-state index in [1.54, 1.807) is 0 Å². The maximum atomic E-state index is 5.65. The number of hydrogen-bond donors (Lipinski definition) is 0. The lowest BCUT2D eigenvalue weighted by molar-refractivity contribution is 1.44. The molecule has 2 heteroatoms. The molecule has 0 aromatic heterocycles. The van der Waals surface area contributed by atoms with E-state index in [1.165, 1.54) is 10.8 Å². The number of benzene rings is 1. The minimum atomic E-state index is 0.652. The molecule has 0 amide bonds. The first-order chi connectivity index (χ1) is 4.34. The first-order valence-electron chi connectivity index (χ1n) is 2.95. The van der Waals surface area contributed by atoms with E-state index in [4.69, 9.17) is 11.6 Å². The van der Waals surface area contributed by atoms with Gasteiger partial charge in [-0.25, -0.2) is 0 Å². The van der Waals surface area contributed by atoms with Crippen molar-refractivity contribution in [2.75, 3.05) is 0 Å². The molecule has 0 radical (unpaired) electrons. The topological polar surface area (TPSA) is 0 Å². The molecule has 0 aliphatic rings. The molecule has 48 valence electrons. The molecule has 1 aromatic rings. The highest BCUT2D eigenvalue weighted by Gasteiger charge is 1.90. The highest BCUT2D eigenvalue weighted by molar-refractivity contribution is 6.34. The molecular formula is C7H9ClSi. The first kappa shape index (κ1) is 6.84. The van der Waals surface area contributed by atoms with Crippen LogP contribution in [0.5, 0.6) is 0 Å². The van der Waals surface area contributed by atoms with E-state index in [0.29, 0.717) is 5.88 Å². The Morgan fingerprint density at radius 1 is 1.33 bits per heavy atom. The molecule has 0 spiro atoms. The van der Waals surface area contributed by atoms with Crippen molar-refractivity contribution < 1.29 is 0 Å². The van der Waals surface area contributed by atoms with E-state index < -0.39 is 0 Å². The summed E-state index contributed by atoms with van der Waals surface area (Å²) in [5, 5.41) is 1.41. The van der Waals surface area contributed by atoms with Gasteiger partial charge >= 0.3 is 0 Å². The zero-order valence-corrected chi connectivity index (χ0v) is 8.15. The quantitative estimate of drug-likeness (QED) is 0.409. The highest BCUT2D eigenvalue weighted by atomic mass is 35.5. The standard InChI is InChI=1S/C7H9ClSi/c8-5-6-3-1-2-4-7(6)9/h1-4H,5H2,9H3. The lowest BCUT2D eigenvalue weighted by atomic mass is 10.2. The highest BCUT2D eigenvalue weighted by Crippen LogP contribution is 1.97. The molecule has 0 heterocycles. The van der Waals surface area contributed by atoms with Crippen LogP contribution in [0, 0.1) is 0 Å². The van der Waals surface area contributed by atoms with Crippen LogP contribution in [0.15, 0.2) is 24.3 Å². The third kappa shape index (κ3) is 1.56. The van der Waals surface area contributed by atoms with Crippen molar-refractivity contribution in [3.05, 3.63) is 29.8 Å². The van der Waals surface area contributed by atoms with E-state index in [-0.39, 0.29) is 0 Å². The lowest BCUT2D eigenvalue weighted by Gasteiger charge is -1.97. The van der Waals surface area contributed by atoms with E-state index in [1.807, 2.05) is 6.07 Å². The molecule has 0 saturated carbocycles. The molecule has 0 atom stereocenters. The fourth-order valence-corrected chi connectivity index (χ4v) is 1.82. The van der Waals surface area contributed by atoms with Gasteiger partial charge in [-0.15, -0.1) is 11.6 Å². The molecule has 0 bridgehead atoms. The van der Waals surface area contributed by atoms with Crippen LogP contribution in [0.25, 0.3) is 0 Å². The van der Waals surface area contributed by atoms with Gasteiger partial charge in [-0.3, -0.25) is 0 Å². The molecule has 0 aliphatic carbocycles. The van der Waals surface area contributed by atoms with Crippen molar-refractivity contribution >= 4 is 27.0 Å². The third-order valence-corrected chi connectivity index (χ3v) is 2.67. The molecule has 0 saturated heterocycles. The zero-order chi connectivity index (χ0) is 6.69. The molecule has 9 heavy (non-hydrogen) atoms. The van der Waals surface area contributed by atoms with E-state index in [2.05, 4.69) is 18.2 Å². The van der Waals surface area contributed by atoms with Crippen LogP contribution in [0.3, 0.4) is 0 Å². The third-order valence-electron chi connectivity index (χ3n) is 1.41. The summed E-state index contributed by atoms with van der Waals surface area (Å²) in [5.74, 6) is 0.652. The molecule has 0 aliphatic heterocycles. The number of rotatable bonds is 1. The maximum absolute atomic E-state index is 5.65. The van der Waals surface area contributed by atoms with Crippen molar-refractivity contribution in [1.29, 1.82) is 0 Å². The molecule has 1 rings (SSSR count). The molecule has 0 N–H and O–H groups in total. The number of halogens is 1. The van der Waals surface area contributed by atoms with Crippen LogP contribution < -0.4 is 5.19 Å². The van der Waals surface area contributed by atoms with Gasteiger partial charge in [0.15, 0.2) is 0 Å². The Morgan fingerprint density at radius 3 is 2.44 bits per heavy atom. The number of hydrogen-bond acceptors (Lipinski definition) is 0. The minimum absolute atomic E-state index is 0.652. The summed E-state index contributed by atoms with van der Waals surface area (Å²) < 4.78 is 0. The van der Waals surface area contributed by atoms with Gasteiger partial charge in [0.1, 0.15) is 0 Å². The summed E-state index contributed by atoms with van der Waals surface area (Å²) in [6, 6.07) is 8.29. The van der Waals surface area contributed by atoms with Gasteiger partial charge in [-0.05, 0) is 5.56 Å². The van der Waals surface area contributed by atoms with Crippen LogP contribution in [0.1, 0.15) is 5.56 Å². The Hall–Kier alpha value is -0.273. The monoisotopic (exact) mass is 156 g/mol. The van der Waals surface area contributed by atoms with Crippen molar-refractivity contribution in [3.63, 3.8) is 0 Å². The summed E-state index contributed by atoms with van der Waals surface area (Å²) in [5.41, 5.74) is 1.28. The Morgan fingerprint density at radius 2 is 2.00 bits per heavy atom. The Balaban J connectivity index is 3.01. The van der Waals surface area contributed by atoms with Gasteiger partial charge in [0.2, 0.25) is 0 Å². The Bertz CT molecular complexity index is 198. The van der Waals surface area contributed by atoms with Crippen molar-refractivity contribution in [2.24, 2.45) is 0 Å². The number of alkyl halides is 1. The summed E-state index contributed by atoms with van der Waals surface area (Å²) in [6.45, 7) is 0. The van der Waals surface area contributed by atoms with Gasteiger partial charge in [-0.1, -0.05) is 29.5 Å². The van der Waals surface area contributed by atoms with Crippen LogP contribution >= 0.6 is 11.6 Å². The average Bonchev–Trinajstić information content (AvgIpc) is 1.89. The van der Waals surface area contributed by atoms with Gasteiger partial charge < -0.3 is 0 Å². The van der Waals surface area contributed by atoms with Crippen molar-refractivity contribution in [2.45, 2.75) is 5.88 Å². The second kappa shape index (κ2) is 3.04. The van der Waals surface area contributed by atoms with Gasteiger partial charge in [-0.2, -0.15) is 0 Å². The molecular weight excluding hydrogens is 148 g/mol. The summed E-state index contributed by atoms with van der Waals surface area (Å²) in [7, 11) is 1.10. The van der Waals surface area contributed by atoms with Gasteiger partial charge in [0.25, 0.3) is 0 Å². The van der Waals surface area contributed by atoms with Gasteiger partial charge in [0.05, 0.1) is 0 Å². The normalized spacial score (nSPS) is 9.89. The predicted octanol–water partition coefficient (Wildman–Crippen LogP) is 0.416. The summed E-state index contributed by atoms with van der Waals surface area (Å²) in [6.07, 6.45) is 0. The minimum Gasteiger partial charge on any atom is -0.122 e. The molecule has 0 nitrogen and oxygen atoms in total. The van der Waals surface area contributed by atoms with Crippen LogP contribution in [0.4, 0.5) is 0 Å². The van der Waals surface area contributed by atoms with E-state index in [0.717, 1.165) is 10.2 Å². The molecule has 1 aromatic carbocycles. The fraction of sp³-hybridized carbons (Fsp3) is 0.143. The van der Waals surface area contributed by atoms with Gasteiger partial charge in [0, 0.05) is 16.1 Å². The average molecular weight is 157 g/mol.